The van der Waals surface area contributed by atoms with Crippen LogP contribution in [0.2, 0.25) is 0 Å². The molecule has 1 unspecified atom stereocenters. The van der Waals surface area contributed by atoms with Crippen molar-refractivity contribution in [2.24, 2.45) is 0 Å². The summed E-state index contributed by atoms with van der Waals surface area (Å²) in [7, 11) is 0. The molecular formula is C16H24F2N2. The van der Waals surface area contributed by atoms with E-state index in [1.54, 1.807) is 0 Å². The SMILES string of the molecule is CCC1(C)CN(Cc2cc(F)ccc2F)C(C)(C)CN1. The predicted molar refractivity (Wildman–Crippen MR) is 77.5 cm³/mol. The van der Waals surface area contributed by atoms with Crippen molar-refractivity contribution in [3.8, 4) is 0 Å². The van der Waals surface area contributed by atoms with Gasteiger partial charge in [-0.15, -0.1) is 0 Å². The normalized spacial score (nSPS) is 26.7. The van der Waals surface area contributed by atoms with Gasteiger partial charge in [-0.2, -0.15) is 0 Å². The van der Waals surface area contributed by atoms with Gasteiger partial charge in [-0.3, -0.25) is 4.90 Å². The summed E-state index contributed by atoms with van der Waals surface area (Å²) in [5.41, 5.74) is 0.380. The monoisotopic (exact) mass is 282 g/mol. The molecule has 112 valence electrons. The quantitative estimate of drug-likeness (QED) is 0.915. The van der Waals surface area contributed by atoms with Gasteiger partial charge in [0.1, 0.15) is 11.6 Å². The van der Waals surface area contributed by atoms with E-state index in [1.165, 1.54) is 12.1 Å². The zero-order valence-electron chi connectivity index (χ0n) is 12.8. The average molecular weight is 282 g/mol. The van der Waals surface area contributed by atoms with Gasteiger partial charge in [0.25, 0.3) is 0 Å². The standard InChI is InChI=1S/C16H24F2N2/c1-5-16(4)11-20(15(2,3)10-19-16)9-12-8-13(17)6-7-14(12)18/h6-8,19H,5,9-11H2,1-4H3. The van der Waals surface area contributed by atoms with Gasteiger partial charge >= 0.3 is 0 Å². The number of halogens is 2. The second-order valence-electron chi connectivity index (χ2n) is 6.67. The van der Waals surface area contributed by atoms with Crippen molar-refractivity contribution < 1.29 is 8.78 Å². The van der Waals surface area contributed by atoms with E-state index in [9.17, 15) is 8.78 Å². The van der Waals surface area contributed by atoms with E-state index < -0.39 is 0 Å². The summed E-state index contributed by atoms with van der Waals surface area (Å²) in [6.07, 6.45) is 1.01. The van der Waals surface area contributed by atoms with Crippen LogP contribution in [-0.2, 0) is 6.54 Å². The highest BCUT2D eigenvalue weighted by Gasteiger charge is 2.39. The predicted octanol–water partition coefficient (Wildman–Crippen LogP) is 3.32. The first-order valence-electron chi connectivity index (χ1n) is 7.20. The Hall–Kier alpha value is -1.00. The minimum Gasteiger partial charge on any atom is -0.308 e. The van der Waals surface area contributed by atoms with Crippen molar-refractivity contribution >= 4 is 0 Å². The molecule has 1 aliphatic heterocycles. The summed E-state index contributed by atoms with van der Waals surface area (Å²) in [5.74, 6) is -0.716. The Morgan fingerprint density at radius 2 is 1.95 bits per heavy atom. The summed E-state index contributed by atoms with van der Waals surface area (Å²) >= 11 is 0. The van der Waals surface area contributed by atoms with Gasteiger partial charge < -0.3 is 5.32 Å². The van der Waals surface area contributed by atoms with Crippen LogP contribution in [0.3, 0.4) is 0 Å². The third-order valence-electron chi connectivity index (χ3n) is 4.49. The first kappa shape index (κ1) is 15.4. The molecule has 1 aromatic rings. The minimum atomic E-state index is -0.382. The Morgan fingerprint density at radius 3 is 2.60 bits per heavy atom. The maximum atomic E-state index is 13.8. The second-order valence-corrected chi connectivity index (χ2v) is 6.67. The van der Waals surface area contributed by atoms with E-state index in [4.69, 9.17) is 0 Å². The number of nitrogens with zero attached hydrogens (tertiary/aromatic N) is 1. The van der Waals surface area contributed by atoms with E-state index in [-0.39, 0.29) is 22.7 Å². The van der Waals surface area contributed by atoms with E-state index in [2.05, 4.69) is 37.9 Å². The van der Waals surface area contributed by atoms with Crippen molar-refractivity contribution in [1.82, 2.24) is 10.2 Å². The molecule has 1 aliphatic rings. The molecule has 1 N–H and O–H groups in total. The summed E-state index contributed by atoms with van der Waals surface area (Å²) in [4.78, 5) is 2.24. The Morgan fingerprint density at radius 1 is 1.25 bits per heavy atom. The van der Waals surface area contributed by atoms with Crippen LogP contribution >= 0.6 is 0 Å². The number of piperazine rings is 1. The van der Waals surface area contributed by atoms with Crippen LogP contribution in [0.25, 0.3) is 0 Å². The largest absolute Gasteiger partial charge is 0.308 e. The Bertz CT molecular complexity index is 487. The zero-order valence-corrected chi connectivity index (χ0v) is 12.8. The third kappa shape index (κ3) is 3.18. The first-order valence-corrected chi connectivity index (χ1v) is 7.20. The second kappa shape index (κ2) is 5.41. The van der Waals surface area contributed by atoms with Crippen LogP contribution < -0.4 is 5.32 Å². The highest BCUT2D eigenvalue weighted by molar-refractivity contribution is 5.19. The van der Waals surface area contributed by atoms with Crippen molar-refractivity contribution in [3.63, 3.8) is 0 Å². The van der Waals surface area contributed by atoms with Crippen molar-refractivity contribution in [1.29, 1.82) is 0 Å². The van der Waals surface area contributed by atoms with E-state index in [0.29, 0.717) is 12.1 Å². The first-order chi connectivity index (χ1) is 9.26. The smallest absolute Gasteiger partial charge is 0.127 e. The van der Waals surface area contributed by atoms with Crippen molar-refractivity contribution in [2.45, 2.75) is 51.7 Å². The number of hydrogen-bond acceptors (Lipinski definition) is 2. The highest BCUT2D eigenvalue weighted by atomic mass is 19.1. The Balaban J connectivity index is 2.22. The average Bonchev–Trinajstić information content (AvgIpc) is 2.39. The van der Waals surface area contributed by atoms with Crippen molar-refractivity contribution in [3.05, 3.63) is 35.4 Å². The van der Waals surface area contributed by atoms with Crippen LogP contribution in [0.5, 0.6) is 0 Å². The molecule has 0 spiro atoms. The number of rotatable bonds is 3. The van der Waals surface area contributed by atoms with Gasteiger partial charge in [0.2, 0.25) is 0 Å². The third-order valence-corrected chi connectivity index (χ3v) is 4.49. The maximum absolute atomic E-state index is 13.8. The molecular weight excluding hydrogens is 258 g/mol. The lowest BCUT2D eigenvalue weighted by molar-refractivity contribution is 0.0237. The van der Waals surface area contributed by atoms with Gasteiger partial charge in [0.15, 0.2) is 0 Å². The molecule has 2 rings (SSSR count). The van der Waals surface area contributed by atoms with Gasteiger partial charge in [-0.1, -0.05) is 6.92 Å². The number of hydrogen-bond donors (Lipinski definition) is 1. The lowest BCUT2D eigenvalue weighted by Gasteiger charge is -2.50. The molecule has 1 aromatic carbocycles. The minimum absolute atomic E-state index is 0.0271. The van der Waals surface area contributed by atoms with E-state index in [1.807, 2.05) is 0 Å². The molecule has 1 fully saturated rings. The molecule has 1 atom stereocenters. The van der Waals surface area contributed by atoms with Gasteiger partial charge in [-0.25, -0.2) is 8.78 Å². The number of nitrogens with one attached hydrogen (secondary N) is 1. The molecule has 0 aliphatic carbocycles. The number of benzene rings is 1. The van der Waals surface area contributed by atoms with Gasteiger partial charge in [-0.05, 0) is 45.4 Å². The van der Waals surface area contributed by atoms with Gasteiger partial charge in [0.05, 0.1) is 0 Å². The van der Waals surface area contributed by atoms with E-state index in [0.717, 1.165) is 25.6 Å². The maximum Gasteiger partial charge on any atom is 0.127 e. The molecule has 0 aromatic heterocycles. The lowest BCUT2D eigenvalue weighted by atomic mass is 9.88. The van der Waals surface area contributed by atoms with Crippen LogP contribution in [0, 0.1) is 11.6 Å². The Kier molecular flexibility index (Phi) is 4.17. The van der Waals surface area contributed by atoms with Crippen LogP contribution in [-0.4, -0.2) is 29.1 Å². The highest BCUT2D eigenvalue weighted by Crippen LogP contribution is 2.28. The summed E-state index contributed by atoms with van der Waals surface area (Å²) in [5, 5.41) is 3.57. The van der Waals surface area contributed by atoms with Crippen molar-refractivity contribution in [2.75, 3.05) is 13.1 Å². The topological polar surface area (TPSA) is 15.3 Å². The fourth-order valence-electron chi connectivity index (χ4n) is 2.61. The van der Waals surface area contributed by atoms with Crippen LogP contribution in [0.15, 0.2) is 18.2 Å². The van der Waals surface area contributed by atoms with E-state index >= 15 is 0 Å². The molecule has 2 nitrogen and oxygen atoms in total. The fraction of sp³-hybridized carbons (Fsp3) is 0.625. The molecule has 0 radical (unpaired) electrons. The summed E-state index contributed by atoms with van der Waals surface area (Å²) in [6, 6.07) is 3.67. The summed E-state index contributed by atoms with van der Waals surface area (Å²) < 4.78 is 27.2. The summed E-state index contributed by atoms with van der Waals surface area (Å²) in [6.45, 7) is 10.7. The molecule has 0 amide bonds. The molecule has 20 heavy (non-hydrogen) atoms. The van der Waals surface area contributed by atoms with Crippen LogP contribution in [0.4, 0.5) is 8.78 Å². The fourth-order valence-corrected chi connectivity index (χ4v) is 2.61. The molecule has 1 heterocycles. The molecule has 0 bridgehead atoms. The zero-order chi connectivity index (χ0) is 15.0. The van der Waals surface area contributed by atoms with Crippen LogP contribution in [0.1, 0.15) is 39.7 Å². The van der Waals surface area contributed by atoms with Gasteiger partial charge in [0, 0.05) is 36.3 Å². The molecule has 0 saturated carbocycles. The molecule has 1 saturated heterocycles. The Labute approximate surface area is 120 Å². The molecule has 4 heteroatoms. The lowest BCUT2D eigenvalue weighted by Crippen LogP contribution is -2.66.